The summed E-state index contributed by atoms with van der Waals surface area (Å²) in [5.74, 6) is -0.429. The van der Waals surface area contributed by atoms with Crippen LogP contribution in [0.15, 0.2) is 42.5 Å². The lowest BCUT2D eigenvalue weighted by molar-refractivity contribution is -0.128. The number of carbonyl (C=O) groups excluding carboxylic acids is 2. The Morgan fingerprint density at radius 1 is 1.27 bits per heavy atom. The maximum Gasteiger partial charge on any atom is 0.229 e. The van der Waals surface area contributed by atoms with Gasteiger partial charge in [0.2, 0.25) is 11.8 Å². The van der Waals surface area contributed by atoms with E-state index in [1.807, 2.05) is 18.2 Å². The highest BCUT2D eigenvalue weighted by atomic mass is 32.1. The van der Waals surface area contributed by atoms with E-state index in [9.17, 15) is 14.0 Å². The highest BCUT2D eigenvalue weighted by Gasteiger charge is 2.34. The third-order valence-corrected chi connectivity index (χ3v) is 6.65. The normalized spacial score (nSPS) is 16.6. The van der Waals surface area contributed by atoms with Crippen LogP contribution < -0.4 is 5.32 Å². The lowest BCUT2D eigenvalue weighted by Gasteiger charge is -2.16. The number of benzene rings is 2. The molecule has 2 aromatic carbocycles. The standard InChI is InChI=1S/C23H24FN3O2S/c1-14(2)23-26-19-8-7-18(12-20(19)30-23)25-22(29)16-11-21(28)27(13-16)10-9-15-3-5-17(24)6-4-15/h3-8,12,14,16H,9-11,13H2,1-2H3,(H,25,29). The topological polar surface area (TPSA) is 62.3 Å². The molecule has 0 radical (unpaired) electrons. The average Bonchev–Trinajstić information content (AvgIpc) is 3.31. The van der Waals surface area contributed by atoms with Gasteiger partial charge in [-0.1, -0.05) is 26.0 Å². The molecule has 0 spiro atoms. The number of anilines is 1. The second-order valence-electron chi connectivity index (χ2n) is 8.00. The van der Waals surface area contributed by atoms with Crippen molar-refractivity contribution in [2.45, 2.75) is 32.6 Å². The fraction of sp³-hybridized carbons (Fsp3) is 0.348. The van der Waals surface area contributed by atoms with Gasteiger partial charge < -0.3 is 10.2 Å². The number of carbonyl (C=O) groups is 2. The minimum absolute atomic E-state index is 0.0169. The first-order chi connectivity index (χ1) is 14.4. The van der Waals surface area contributed by atoms with Crippen molar-refractivity contribution in [2.75, 3.05) is 18.4 Å². The molecule has 3 aromatic rings. The molecule has 5 nitrogen and oxygen atoms in total. The van der Waals surface area contributed by atoms with E-state index < -0.39 is 0 Å². The van der Waals surface area contributed by atoms with Crippen LogP contribution in [0.5, 0.6) is 0 Å². The summed E-state index contributed by atoms with van der Waals surface area (Å²) in [4.78, 5) is 31.4. The van der Waals surface area contributed by atoms with Crippen LogP contribution >= 0.6 is 11.3 Å². The van der Waals surface area contributed by atoms with Gasteiger partial charge in [0.25, 0.3) is 0 Å². The lowest BCUT2D eigenvalue weighted by Crippen LogP contribution is -2.30. The summed E-state index contributed by atoms with van der Waals surface area (Å²) < 4.78 is 14.1. The Hall–Kier alpha value is -2.80. The molecule has 0 bridgehead atoms. The van der Waals surface area contributed by atoms with Gasteiger partial charge in [-0.05, 0) is 42.3 Å². The van der Waals surface area contributed by atoms with Crippen LogP contribution in [0.4, 0.5) is 10.1 Å². The number of amides is 2. The Labute approximate surface area is 178 Å². The molecule has 156 valence electrons. The lowest BCUT2D eigenvalue weighted by atomic mass is 10.1. The Bertz CT molecular complexity index is 1080. The molecule has 1 atom stereocenters. The van der Waals surface area contributed by atoms with Gasteiger partial charge in [-0.3, -0.25) is 9.59 Å². The highest BCUT2D eigenvalue weighted by Crippen LogP contribution is 2.30. The predicted octanol–water partition coefficient (Wildman–Crippen LogP) is 4.59. The zero-order chi connectivity index (χ0) is 21.3. The van der Waals surface area contributed by atoms with E-state index in [0.29, 0.717) is 25.4 Å². The molecule has 1 N–H and O–H groups in total. The van der Waals surface area contributed by atoms with Crippen LogP contribution in [-0.2, 0) is 16.0 Å². The van der Waals surface area contributed by atoms with Crippen LogP contribution in [0.25, 0.3) is 10.2 Å². The number of hydrogen-bond donors (Lipinski definition) is 1. The molecule has 1 aliphatic rings. The number of nitrogens with one attached hydrogen (secondary N) is 1. The van der Waals surface area contributed by atoms with Gasteiger partial charge in [0, 0.05) is 31.1 Å². The van der Waals surface area contributed by atoms with Crippen LogP contribution in [0.1, 0.15) is 36.8 Å². The maximum absolute atomic E-state index is 13.0. The first-order valence-corrected chi connectivity index (χ1v) is 10.9. The van der Waals surface area contributed by atoms with Gasteiger partial charge in [0.15, 0.2) is 0 Å². The van der Waals surface area contributed by atoms with E-state index in [2.05, 4.69) is 24.1 Å². The quantitative estimate of drug-likeness (QED) is 0.628. The van der Waals surface area contributed by atoms with Crippen molar-refractivity contribution in [3.05, 3.63) is 58.9 Å². The smallest absolute Gasteiger partial charge is 0.229 e. The maximum atomic E-state index is 13.0. The Morgan fingerprint density at radius 3 is 2.77 bits per heavy atom. The second-order valence-corrected chi connectivity index (χ2v) is 9.06. The first kappa shape index (κ1) is 20.5. The van der Waals surface area contributed by atoms with Crippen LogP contribution in [-0.4, -0.2) is 34.8 Å². The summed E-state index contributed by atoms with van der Waals surface area (Å²) in [5.41, 5.74) is 2.63. The minimum Gasteiger partial charge on any atom is -0.342 e. The average molecular weight is 426 g/mol. The fourth-order valence-corrected chi connectivity index (χ4v) is 4.60. The molecule has 1 saturated heterocycles. The van der Waals surface area contributed by atoms with Crippen LogP contribution in [0, 0.1) is 11.7 Å². The van der Waals surface area contributed by atoms with Gasteiger partial charge in [-0.2, -0.15) is 0 Å². The Morgan fingerprint density at radius 2 is 2.03 bits per heavy atom. The summed E-state index contributed by atoms with van der Waals surface area (Å²) in [6.45, 7) is 5.16. The molecule has 1 aromatic heterocycles. The van der Waals surface area contributed by atoms with E-state index in [-0.39, 0.29) is 30.0 Å². The van der Waals surface area contributed by atoms with Crippen molar-refractivity contribution in [1.82, 2.24) is 9.88 Å². The first-order valence-electron chi connectivity index (χ1n) is 10.1. The van der Waals surface area contributed by atoms with Gasteiger partial charge in [-0.15, -0.1) is 11.3 Å². The molecular formula is C23H24FN3O2S. The number of aromatic nitrogens is 1. The number of thiazole rings is 1. The molecule has 1 unspecified atom stereocenters. The van der Waals surface area contributed by atoms with Gasteiger partial charge >= 0.3 is 0 Å². The van der Waals surface area contributed by atoms with Crippen molar-refractivity contribution in [3.8, 4) is 0 Å². The predicted molar refractivity (Wildman–Crippen MR) is 117 cm³/mol. The Kier molecular flexibility index (Phi) is 5.81. The zero-order valence-electron chi connectivity index (χ0n) is 17.0. The molecule has 1 aliphatic heterocycles. The van der Waals surface area contributed by atoms with E-state index in [0.717, 1.165) is 26.5 Å². The van der Waals surface area contributed by atoms with Gasteiger partial charge in [0.05, 0.1) is 21.1 Å². The van der Waals surface area contributed by atoms with E-state index >= 15 is 0 Å². The van der Waals surface area contributed by atoms with E-state index in [4.69, 9.17) is 0 Å². The summed E-state index contributed by atoms with van der Waals surface area (Å²) in [6, 6.07) is 12.0. The van der Waals surface area contributed by atoms with Crippen molar-refractivity contribution in [1.29, 1.82) is 0 Å². The fourth-order valence-electron chi connectivity index (χ4n) is 3.59. The molecule has 7 heteroatoms. The molecule has 1 fully saturated rings. The van der Waals surface area contributed by atoms with Crippen molar-refractivity contribution >= 4 is 39.1 Å². The van der Waals surface area contributed by atoms with E-state index in [1.54, 1.807) is 28.4 Å². The van der Waals surface area contributed by atoms with Crippen LogP contribution in [0.2, 0.25) is 0 Å². The zero-order valence-corrected chi connectivity index (χ0v) is 17.8. The van der Waals surface area contributed by atoms with Crippen molar-refractivity contribution in [3.63, 3.8) is 0 Å². The molecule has 2 amide bonds. The third-order valence-electron chi connectivity index (χ3n) is 5.34. The summed E-state index contributed by atoms with van der Waals surface area (Å²) in [5, 5.41) is 4.03. The Balaban J connectivity index is 1.36. The summed E-state index contributed by atoms with van der Waals surface area (Å²) in [7, 11) is 0. The summed E-state index contributed by atoms with van der Waals surface area (Å²) in [6.07, 6.45) is 0.857. The second kappa shape index (κ2) is 8.52. The number of fused-ring (bicyclic) bond motifs is 1. The molecule has 0 aliphatic carbocycles. The number of halogens is 1. The molecule has 30 heavy (non-hydrogen) atoms. The number of nitrogens with zero attached hydrogens (tertiary/aromatic N) is 2. The number of likely N-dealkylation sites (tertiary alicyclic amines) is 1. The van der Waals surface area contributed by atoms with Gasteiger partial charge in [-0.25, -0.2) is 9.37 Å². The molecule has 0 saturated carbocycles. The highest BCUT2D eigenvalue weighted by molar-refractivity contribution is 7.18. The summed E-state index contributed by atoms with van der Waals surface area (Å²) >= 11 is 1.64. The largest absolute Gasteiger partial charge is 0.342 e. The SMILES string of the molecule is CC(C)c1nc2ccc(NC(=O)C3CC(=O)N(CCc4ccc(F)cc4)C3)cc2s1. The molecule has 2 heterocycles. The molecule has 4 rings (SSSR count). The van der Waals surface area contributed by atoms with Crippen molar-refractivity contribution < 1.29 is 14.0 Å². The van der Waals surface area contributed by atoms with E-state index in [1.165, 1.54) is 12.1 Å². The van der Waals surface area contributed by atoms with Gasteiger partial charge in [0.1, 0.15) is 5.82 Å². The number of hydrogen-bond acceptors (Lipinski definition) is 4. The van der Waals surface area contributed by atoms with Crippen molar-refractivity contribution in [2.24, 2.45) is 5.92 Å². The third kappa shape index (κ3) is 4.51. The minimum atomic E-state index is -0.367. The number of rotatable bonds is 6. The van der Waals surface area contributed by atoms with Crippen LogP contribution in [0.3, 0.4) is 0 Å². The monoisotopic (exact) mass is 425 g/mol. The molecular weight excluding hydrogens is 401 g/mol.